The maximum absolute atomic E-state index is 12.6. The van der Waals surface area contributed by atoms with Crippen molar-refractivity contribution in [2.24, 2.45) is 0 Å². The van der Waals surface area contributed by atoms with E-state index in [1.165, 1.54) is 0 Å². The number of carbonyl (C=O) groups excluding carboxylic acids is 1. The van der Waals surface area contributed by atoms with Crippen LogP contribution < -0.4 is 4.74 Å². The minimum atomic E-state index is -0.272. The van der Waals surface area contributed by atoms with Gasteiger partial charge in [-0.3, -0.25) is 0 Å². The van der Waals surface area contributed by atoms with E-state index < -0.39 is 0 Å². The lowest BCUT2D eigenvalue weighted by Crippen LogP contribution is -2.21. The van der Waals surface area contributed by atoms with E-state index in [1.54, 1.807) is 0 Å². The molecule has 0 aliphatic carbocycles. The molecule has 0 aliphatic heterocycles. The largest absolute Gasteiger partial charge is 0.491 e. The summed E-state index contributed by atoms with van der Waals surface area (Å²) < 4.78 is 11.4. The minimum Gasteiger partial charge on any atom is -0.491 e. The standard InChI is InChI=1S/C19H31NO3/c1-7-8-12-23-19(21)17-16(14(2)3)10-9-15(4)18(17)22-13-11-20(5)6/h9-10,14H,7-8,11-13H2,1-6H3. The summed E-state index contributed by atoms with van der Waals surface area (Å²) in [5.41, 5.74) is 2.54. The highest BCUT2D eigenvalue weighted by molar-refractivity contribution is 5.95. The zero-order chi connectivity index (χ0) is 17.4. The van der Waals surface area contributed by atoms with E-state index in [9.17, 15) is 4.79 Å². The fraction of sp³-hybridized carbons (Fsp3) is 0.632. The van der Waals surface area contributed by atoms with Gasteiger partial charge in [-0.05, 0) is 44.5 Å². The smallest absolute Gasteiger partial charge is 0.342 e. The SMILES string of the molecule is CCCCOC(=O)c1c(C(C)C)ccc(C)c1OCCN(C)C. The number of carbonyl (C=O) groups is 1. The van der Waals surface area contributed by atoms with Crippen molar-refractivity contribution >= 4 is 5.97 Å². The topological polar surface area (TPSA) is 38.8 Å². The molecule has 23 heavy (non-hydrogen) atoms. The van der Waals surface area contributed by atoms with Crippen LogP contribution in [-0.4, -0.2) is 44.7 Å². The molecule has 0 aromatic heterocycles. The first kappa shape index (κ1) is 19.5. The molecule has 1 aromatic carbocycles. The zero-order valence-electron chi connectivity index (χ0n) is 15.4. The Kier molecular flexibility index (Phi) is 8.10. The van der Waals surface area contributed by atoms with E-state index in [1.807, 2.05) is 33.2 Å². The molecule has 0 radical (unpaired) electrons. The molecule has 0 N–H and O–H groups in total. The van der Waals surface area contributed by atoms with Gasteiger partial charge >= 0.3 is 5.97 Å². The number of nitrogens with zero attached hydrogens (tertiary/aromatic N) is 1. The van der Waals surface area contributed by atoms with Crippen LogP contribution in [0.15, 0.2) is 12.1 Å². The summed E-state index contributed by atoms with van der Waals surface area (Å²) in [4.78, 5) is 14.7. The van der Waals surface area contributed by atoms with Gasteiger partial charge < -0.3 is 14.4 Å². The summed E-state index contributed by atoms with van der Waals surface area (Å²) in [6, 6.07) is 4.03. The van der Waals surface area contributed by atoms with E-state index in [-0.39, 0.29) is 11.9 Å². The number of rotatable bonds is 9. The summed E-state index contributed by atoms with van der Waals surface area (Å²) in [6.07, 6.45) is 1.88. The highest BCUT2D eigenvalue weighted by atomic mass is 16.5. The number of ether oxygens (including phenoxy) is 2. The molecule has 0 unspecified atom stereocenters. The van der Waals surface area contributed by atoms with Crippen LogP contribution in [0, 0.1) is 6.92 Å². The van der Waals surface area contributed by atoms with E-state index in [4.69, 9.17) is 9.47 Å². The average Bonchev–Trinajstić information content (AvgIpc) is 2.48. The van der Waals surface area contributed by atoms with Gasteiger partial charge in [0, 0.05) is 6.54 Å². The van der Waals surface area contributed by atoms with Crippen LogP contribution in [0.25, 0.3) is 0 Å². The second kappa shape index (κ2) is 9.56. The van der Waals surface area contributed by atoms with Crippen LogP contribution >= 0.6 is 0 Å². The zero-order valence-corrected chi connectivity index (χ0v) is 15.4. The third-order valence-electron chi connectivity index (χ3n) is 3.73. The molecule has 0 bridgehead atoms. The van der Waals surface area contributed by atoms with E-state index in [0.717, 1.165) is 30.5 Å². The predicted octanol–water partition coefficient (Wildman–Crippen LogP) is 4.02. The Labute approximate surface area is 140 Å². The molecule has 130 valence electrons. The van der Waals surface area contributed by atoms with Gasteiger partial charge in [0.25, 0.3) is 0 Å². The van der Waals surface area contributed by atoms with Crippen molar-refractivity contribution in [3.05, 3.63) is 28.8 Å². The van der Waals surface area contributed by atoms with Gasteiger partial charge in [-0.15, -0.1) is 0 Å². The first-order chi connectivity index (χ1) is 10.9. The molecule has 0 saturated heterocycles. The lowest BCUT2D eigenvalue weighted by atomic mass is 9.94. The summed E-state index contributed by atoms with van der Waals surface area (Å²) in [5.74, 6) is 0.630. The first-order valence-corrected chi connectivity index (χ1v) is 8.46. The van der Waals surface area contributed by atoms with Crippen LogP contribution in [0.3, 0.4) is 0 Å². The van der Waals surface area contributed by atoms with Crippen molar-refractivity contribution in [1.82, 2.24) is 4.90 Å². The Bertz CT molecular complexity index is 510. The van der Waals surface area contributed by atoms with Crippen LogP contribution in [0.2, 0.25) is 0 Å². The number of hydrogen-bond donors (Lipinski definition) is 0. The Balaban J connectivity index is 3.09. The molecule has 0 aliphatic rings. The molecule has 0 heterocycles. The summed E-state index contributed by atoms with van der Waals surface area (Å²) >= 11 is 0. The van der Waals surface area contributed by atoms with Crippen molar-refractivity contribution in [2.75, 3.05) is 33.9 Å². The van der Waals surface area contributed by atoms with E-state index in [2.05, 4.69) is 25.7 Å². The molecule has 0 amide bonds. The molecular weight excluding hydrogens is 290 g/mol. The van der Waals surface area contributed by atoms with Crippen molar-refractivity contribution < 1.29 is 14.3 Å². The highest BCUT2D eigenvalue weighted by Gasteiger charge is 2.22. The Hall–Kier alpha value is -1.55. The number of esters is 1. The monoisotopic (exact) mass is 321 g/mol. The summed E-state index contributed by atoms with van der Waals surface area (Å²) in [6.45, 7) is 10.0. The number of hydrogen-bond acceptors (Lipinski definition) is 4. The fourth-order valence-corrected chi connectivity index (χ4v) is 2.29. The Morgan fingerprint density at radius 2 is 1.91 bits per heavy atom. The van der Waals surface area contributed by atoms with Gasteiger partial charge in [-0.2, -0.15) is 0 Å². The van der Waals surface area contributed by atoms with Crippen LogP contribution in [-0.2, 0) is 4.74 Å². The molecule has 4 heteroatoms. The molecule has 1 aromatic rings. The van der Waals surface area contributed by atoms with Crippen molar-refractivity contribution in [3.63, 3.8) is 0 Å². The third kappa shape index (κ3) is 5.87. The van der Waals surface area contributed by atoms with Crippen LogP contribution in [0.4, 0.5) is 0 Å². The van der Waals surface area contributed by atoms with Crippen molar-refractivity contribution in [2.45, 2.75) is 46.5 Å². The van der Waals surface area contributed by atoms with Gasteiger partial charge in [0.2, 0.25) is 0 Å². The maximum Gasteiger partial charge on any atom is 0.342 e. The molecule has 0 spiro atoms. The molecule has 1 rings (SSSR count). The normalized spacial score (nSPS) is 11.1. The van der Waals surface area contributed by atoms with Gasteiger partial charge in [0.05, 0.1) is 6.61 Å². The lowest BCUT2D eigenvalue weighted by Gasteiger charge is -2.20. The number of aryl methyl sites for hydroxylation is 1. The first-order valence-electron chi connectivity index (χ1n) is 8.46. The lowest BCUT2D eigenvalue weighted by molar-refractivity contribution is 0.0492. The van der Waals surface area contributed by atoms with E-state index in [0.29, 0.717) is 24.5 Å². The second-order valence-corrected chi connectivity index (χ2v) is 6.47. The summed E-state index contributed by atoms with van der Waals surface area (Å²) in [5, 5.41) is 0. The van der Waals surface area contributed by atoms with Gasteiger partial charge in [0.1, 0.15) is 17.9 Å². The van der Waals surface area contributed by atoms with Crippen LogP contribution in [0.1, 0.15) is 61.0 Å². The average molecular weight is 321 g/mol. The van der Waals surface area contributed by atoms with Crippen LogP contribution in [0.5, 0.6) is 5.75 Å². The van der Waals surface area contributed by atoms with Gasteiger partial charge in [0.15, 0.2) is 0 Å². The third-order valence-corrected chi connectivity index (χ3v) is 3.73. The Morgan fingerprint density at radius 1 is 1.22 bits per heavy atom. The number of unbranched alkanes of at least 4 members (excludes halogenated alkanes) is 1. The molecule has 4 nitrogen and oxygen atoms in total. The van der Waals surface area contributed by atoms with Gasteiger partial charge in [-0.1, -0.05) is 39.3 Å². The number of benzene rings is 1. The van der Waals surface area contributed by atoms with Gasteiger partial charge in [-0.25, -0.2) is 4.79 Å². The molecular formula is C19H31NO3. The molecule has 0 saturated carbocycles. The van der Waals surface area contributed by atoms with E-state index >= 15 is 0 Å². The minimum absolute atomic E-state index is 0.237. The Morgan fingerprint density at radius 3 is 2.48 bits per heavy atom. The quantitative estimate of drug-likeness (QED) is 0.509. The molecule has 0 atom stereocenters. The number of likely N-dealkylation sites (N-methyl/N-ethyl adjacent to an activating group) is 1. The maximum atomic E-state index is 12.6. The highest BCUT2D eigenvalue weighted by Crippen LogP contribution is 2.32. The van der Waals surface area contributed by atoms with Crippen molar-refractivity contribution in [3.8, 4) is 5.75 Å². The molecule has 0 fully saturated rings. The van der Waals surface area contributed by atoms with Crippen molar-refractivity contribution in [1.29, 1.82) is 0 Å². The predicted molar refractivity (Wildman–Crippen MR) is 94.5 cm³/mol. The second-order valence-electron chi connectivity index (χ2n) is 6.47. The fourth-order valence-electron chi connectivity index (χ4n) is 2.29. The summed E-state index contributed by atoms with van der Waals surface area (Å²) in [7, 11) is 4.00.